The van der Waals surface area contributed by atoms with Crippen molar-refractivity contribution in [2.24, 2.45) is 0 Å². The van der Waals surface area contributed by atoms with E-state index in [2.05, 4.69) is 27.3 Å². The van der Waals surface area contributed by atoms with Crippen molar-refractivity contribution in [2.45, 2.75) is 12.0 Å². The minimum Gasteiger partial charge on any atom is -0.480 e. The van der Waals surface area contributed by atoms with Crippen molar-refractivity contribution in [3.63, 3.8) is 0 Å². The molecule has 3 amide bonds. The lowest BCUT2D eigenvalue weighted by Gasteiger charge is -2.17. The molecule has 1 atom stereocenters. The summed E-state index contributed by atoms with van der Waals surface area (Å²) in [4.78, 5) is 47.0. The minimum atomic E-state index is -1.23. The van der Waals surface area contributed by atoms with E-state index < -0.39 is 30.1 Å². The number of hydrogen-bond donors (Lipinski definition) is 4. The molecule has 0 bridgehead atoms. The van der Waals surface area contributed by atoms with E-state index in [1.165, 1.54) is 6.08 Å². The zero-order valence-electron chi connectivity index (χ0n) is 19.4. The fraction of sp³-hybridized carbons (Fsp3) is 0.280. The van der Waals surface area contributed by atoms with Crippen LogP contribution in [0.4, 0.5) is 9.59 Å². The van der Waals surface area contributed by atoms with Crippen LogP contribution in [-0.4, -0.2) is 66.6 Å². The topological polar surface area (TPSA) is 143 Å². The zero-order valence-corrected chi connectivity index (χ0v) is 20.2. The first-order valence-corrected chi connectivity index (χ1v) is 12.3. The third kappa shape index (κ3) is 7.25. The maximum absolute atomic E-state index is 12.4. The molecule has 0 saturated heterocycles. The number of carboxylic acid groups (broad SMARTS) is 1. The maximum atomic E-state index is 12.4. The van der Waals surface area contributed by atoms with Crippen LogP contribution in [0.2, 0.25) is 0 Å². The molecule has 0 fully saturated rings. The first-order chi connectivity index (χ1) is 17.4. The Morgan fingerprint density at radius 3 is 2.22 bits per heavy atom. The van der Waals surface area contributed by atoms with E-state index in [9.17, 15) is 24.3 Å². The molecule has 1 aliphatic carbocycles. The third-order valence-corrected chi connectivity index (χ3v) is 6.23. The summed E-state index contributed by atoms with van der Waals surface area (Å²) in [5, 5.41) is 16.6. The van der Waals surface area contributed by atoms with Gasteiger partial charge in [-0.15, -0.1) is 11.8 Å². The molecule has 0 spiro atoms. The first kappa shape index (κ1) is 26.6. The molecule has 11 heteroatoms. The van der Waals surface area contributed by atoms with Gasteiger partial charge in [-0.25, -0.2) is 14.4 Å². The molecule has 190 valence electrons. The van der Waals surface area contributed by atoms with Crippen LogP contribution in [-0.2, 0) is 19.1 Å². The highest BCUT2D eigenvalue weighted by Crippen LogP contribution is 2.44. The standard InChI is InChI=1S/C25H27N3O7S/c1-2-11-34-24(32)26-12-22(29)27-15-36-14-21(23(30)31)28-25(33)35-13-20-18-9-5-3-7-16(18)17-8-4-6-10-19(17)20/h2-10,20-21H,1,11-15H2,(H,26,32)(H,27,29)(H,28,33)(H,30,31)/t21-/m0/s1. The number of fused-ring (bicyclic) bond motifs is 3. The summed E-state index contributed by atoms with van der Waals surface area (Å²) in [5.74, 6) is -1.77. The van der Waals surface area contributed by atoms with Crippen LogP contribution in [0.25, 0.3) is 11.1 Å². The van der Waals surface area contributed by atoms with Crippen LogP contribution in [0.5, 0.6) is 0 Å². The second-order valence-corrected chi connectivity index (χ2v) is 8.75. The summed E-state index contributed by atoms with van der Waals surface area (Å²) in [6.07, 6.45) is -0.196. The van der Waals surface area contributed by atoms with Gasteiger partial charge in [-0.2, -0.15) is 0 Å². The highest BCUT2D eigenvalue weighted by Gasteiger charge is 2.29. The Balaban J connectivity index is 1.42. The smallest absolute Gasteiger partial charge is 0.407 e. The van der Waals surface area contributed by atoms with Gasteiger partial charge in [0.15, 0.2) is 0 Å². The van der Waals surface area contributed by atoms with Crippen molar-refractivity contribution in [1.29, 1.82) is 0 Å². The normalized spacial score (nSPS) is 12.4. The van der Waals surface area contributed by atoms with Gasteiger partial charge in [0, 0.05) is 11.7 Å². The SMILES string of the molecule is C=CCOC(=O)NCC(=O)NCSC[C@H](NC(=O)OCC1c2ccccc2-c2ccccc21)C(=O)O. The van der Waals surface area contributed by atoms with Gasteiger partial charge in [0.05, 0.1) is 5.88 Å². The van der Waals surface area contributed by atoms with E-state index in [-0.39, 0.29) is 37.3 Å². The van der Waals surface area contributed by atoms with Crippen molar-refractivity contribution >= 4 is 35.8 Å². The van der Waals surface area contributed by atoms with Gasteiger partial charge < -0.3 is 30.5 Å². The third-order valence-electron chi connectivity index (χ3n) is 5.32. The molecular formula is C25H27N3O7S. The highest BCUT2D eigenvalue weighted by atomic mass is 32.2. The zero-order chi connectivity index (χ0) is 25.9. The van der Waals surface area contributed by atoms with Crippen molar-refractivity contribution in [2.75, 3.05) is 31.4 Å². The number of amides is 3. The number of carbonyl (C=O) groups excluding carboxylic acids is 3. The number of nitrogens with one attached hydrogen (secondary N) is 3. The molecule has 0 radical (unpaired) electrons. The van der Waals surface area contributed by atoms with Gasteiger partial charge in [0.1, 0.15) is 25.8 Å². The predicted molar refractivity (Wildman–Crippen MR) is 135 cm³/mol. The van der Waals surface area contributed by atoms with Gasteiger partial charge in [-0.05, 0) is 22.3 Å². The summed E-state index contributed by atoms with van der Waals surface area (Å²) in [5.41, 5.74) is 4.28. The fourth-order valence-corrected chi connectivity index (χ4v) is 4.51. The molecule has 36 heavy (non-hydrogen) atoms. The number of thioether (sulfide) groups is 1. The largest absolute Gasteiger partial charge is 0.480 e. The number of carbonyl (C=O) groups is 4. The summed E-state index contributed by atoms with van der Waals surface area (Å²) >= 11 is 1.09. The minimum absolute atomic E-state index is 0.00534. The molecular weight excluding hydrogens is 486 g/mol. The summed E-state index contributed by atoms with van der Waals surface area (Å²) in [7, 11) is 0. The molecule has 0 unspecified atom stereocenters. The Hall–Kier alpha value is -3.99. The highest BCUT2D eigenvalue weighted by molar-refractivity contribution is 7.99. The Bertz CT molecular complexity index is 1080. The van der Waals surface area contributed by atoms with E-state index in [0.29, 0.717) is 0 Å². The number of aliphatic carboxylic acids is 1. The van der Waals surface area contributed by atoms with E-state index in [4.69, 9.17) is 4.74 Å². The number of rotatable bonds is 12. The van der Waals surface area contributed by atoms with Gasteiger partial charge >= 0.3 is 18.2 Å². The van der Waals surface area contributed by atoms with Crippen molar-refractivity contribution in [1.82, 2.24) is 16.0 Å². The van der Waals surface area contributed by atoms with Crippen molar-refractivity contribution in [3.8, 4) is 11.1 Å². The van der Waals surface area contributed by atoms with Crippen LogP contribution in [0.15, 0.2) is 61.2 Å². The quantitative estimate of drug-likeness (QED) is 0.193. The second kappa shape index (κ2) is 13.2. The van der Waals surface area contributed by atoms with Gasteiger partial charge in [-0.1, -0.05) is 61.2 Å². The molecule has 0 aromatic heterocycles. The van der Waals surface area contributed by atoms with Crippen LogP contribution >= 0.6 is 11.8 Å². The van der Waals surface area contributed by atoms with Crippen molar-refractivity contribution in [3.05, 3.63) is 72.3 Å². The molecule has 10 nitrogen and oxygen atoms in total. The molecule has 0 saturated carbocycles. The summed E-state index contributed by atoms with van der Waals surface area (Å²) < 4.78 is 10.1. The lowest BCUT2D eigenvalue weighted by molar-refractivity contribution is -0.138. The summed E-state index contributed by atoms with van der Waals surface area (Å²) in [6.45, 7) is 3.20. The van der Waals surface area contributed by atoms with Crippen LogP contribution in [0.3, 0.4) is 0 Å². The van der Waals surface area contributed by atoms with E-state index in [0.717, 1.165) is 34.0 Å². The Labute approximate surface area is 212 Å². The van der Waals surface area contributed by atoms with E-state index in [1.807, 2.05) is 48.5 Å². The van der Waals surface area contributed by atoms with Gasteiger partial charge in [-0.3, -0.25) is 4.79 Å². The summed E-state index contributed by atoms with van der Waals surface area (Å²) in [6, 6.07) is 14.6. The van der Waals surface area contributed by atoms with Crippen LogP contribution < -0.4 is 16.0 Å². The van der Waals surface area contributed by atoms with Crippen LogP contribution in [0, 0.1) is 0 Å². The van der Waals surface area contributed by atoms with Crippen LogP contribution in [0.1, 0.15) is 17.0 Å². The lowest BCUT2D eigenvalue weighted by atomic mass is 9.98. The van der Waals surface area contributed by atoms with E-state index in [1.54, 1.807) is 0 Å². The Morgan fingerprint density at radius 1 is 0.972 bits per heavy atom. The van der Waals surface area contributed by atoms with Gasteiger partial charge in [0.25, 0.3) is 0 Å². The lowest BCUT2D eigenvalue weighted by Crippen LogP contribution is -2.43. The fourth-order valence-electron chi connectivity index (χ4n) is 3.67. The van der Waals surface area contributed by atoms with Crippen molar-refractivity contribution < 1.29 is 33.8 Å². The molecule has 2 aromatic rings. The maximum Gasteiger partial charge on any atom is 0.407 e. The average molecular weight is 514 g/mol. The monoisotopic (exact) mass is 513 g/mol. The predicted octanol–water partition coefficient (Wildman–Crippen LogP) is 2.70. The number of benzene rings is 2. The number of ether oxygens (including phenoxy) is 2. The molecule has 1 aliphatic rings. The number of hydrogen-bond acceptors (Lipinski definition) is 7. The Kier molecular flexibility index (Phi) is 9.75. The molecule has 2 aromatic carbocycles. The molecule has 0 heterocycles. The molecule has 3 rings (SSSR count). The van der Waals surface area contributed by atoms with E-state index >= 15 is 0 Å². The number of alkyl carbamates (subject to hydrolysis) is 2. The molecule has 0 aliphatic heterocycles. The van der Waals surface area contributed by atoms with Gasteiger partial charge in [0.2, 0.25) is 5.91 Å². The Morgan fingerprint density at radius 2 is 1.61 bits per heavy atom. The first-order valence-electron chi connectivity index (χ1n) is 11.1. The molecule has 4 N–H and O–H groups in total. The number of carboxylic acids is 1. The average Bonchev–Trinajstić information content (AvgIpc) is 3.20. The second-order valence-electron chi connectivity index (χ2n) is 7.72.